The van der Waals surface area contributed by atoms with E-state index < -0.39 is 5.60 Å². The first kappa shape index (κ1) is 17.5. The van der Waals surface area contributed by atoms with E-state index in [4.69, 9.17) is 16.3 Å². The van der Waals surface area contributed by atoms with Gasteiger partial charge in [0.15, 0.2) is 6.61 Å². The minimum absolute atomic E-state index is 0.0521. The van der Waals surface area contributed by atoms with Crippen molar-refractivity contribution in [3.8, 4) is 5.75 Å². The van der Waals surface area contributed by atoms with Crippen LogP contribution in [0.15, 0.2) is 24.3 Å². The number of ether oxygens (including phenoxy) is 1. The zero-order chi connectivity index (χ0) is 17.0. The molecule has 1 N–H and O–H groups in total. The van der Waals surface area contributed by atoms with Crippen molar-refractivity contribution in [2.75, 3.05) is 39.3 Å². The van der Waals surface area contributed by atoms with Crippen LogP contribution in [0.1, 0.15) is 25.7 Å². The molecule has 0 aromatic heterocycles. The molecule has 0 bridgehead atoms. The van der Waals surface area contributed by atoms with Gasteiger partial charge in [-0.2, -0.15) is 0 Å². The van der Waals surface area contributed by atoms with E-state index in [0.717, 1.165) is 25.9 Å². The maximum atomic E-state index is 12.4. The van der Waals surface area contributed by atoms with Crippen LogP contribution in [0.3, 0.4) is 0 Å². The van der Waals surface area contributed by atoms with Crippen molar-refractivity contribution in [3.63, 3.8) is 0 Å². The highest BCUT2D eigenvalue weighted by Crippen LogP contribution is 2.25. The number of benzene rings is 1. The summed E-state index contributed by atoms with van der Waals surface area (Å²) in [6.45, 7) is 3.75. The molecule has 2 saturated heterocycles. The van der Waals surface area contributed by atoms with Crippen molar-refractivity contribution in [2.24, 2.45) is 0 Å². The first-order valence-corrected chi connectivity index (χ1v) is 9.03. The Kier molecular flexibility index (Phi) is 5.64. The molecule has 1 atom stereocenters. The molecule has 132 valence electrons. The average Bonchev–Trinajstić information content (AvgIpc) is 3.06. The number of halogens is 1. The van der Waals surface area contributed by atoms with Gasteiger partial charge in [0.2, 0.25) is 0 Å². The normalized spacial score (nSPS) is 25.0. The van der Waals surface area contributed by atoms with E-state index in [-0.39, 0.29) is 12.5 Å². The molecule has 1 unspecified atom stereocenters. The Morgan fingerprint density at radius 3 is 2.71 bits per heavy atom. The van der Waals surface area contributed by atoms with E-state index >= 15 is 0 Å². The van der Waals surface area contributed by atoms with Crippen LogP contribution < -0.4 is 4.74 Å². The highest BCUT2D eigenvalue weighted by atomic mass is 35.5. The molecule has 1 aromatic rings. The van der Waals surface area contributed by atoms with Crippen LogP contribution in [0, 0.1) is 0 Å². The molecule has 1 amide bonds. The fourth-order valence-electron chi connectivity index (χ4n) is 3.60. The summed E-state index contributed by atoms with van der Waals surface area (Å²) in [6, 6.07) is 7.12. The molecule has 2 aliphatic heterocycles. The second-order valence-electron chi connectivity index (χ2n) is 6.85. The first-order chi connectivity index (χ1) is 11.6. The Labute approximate surface area is 148 Å². The lowest BCUT2D eigenvalue weighted by atomic mass is 9.92. The lowest BCUT2D eigenvalue weighted by molar-refractivity contribution is -0.141. The van der Waals surface area contributed by atoms with E-state index in [1.54, 1.807) is 17.0 Å². The molecule has 0 radical (unpaired) electrons. The van der Waals surface area contributed by atoms with Gasteiger partial charge in [0.1, 0.15) is 5.75 Å². The van der Waals surface area contributed by atoms with Crippen LogP contribution >= 0.6 is 11.6 Å². The Morgan fingerprint density at radius 2 is 1.96 bits per heavy atom. The number of carbonyl (C=O) groups excluding carboxylic acids is 1. The summed E-state index contributed by atoms with van der Waals surface area (Å²) < 4.78 is 5.54. The van der Waals surface area contributed by atoms with Gasteiger partial charge in [-0.05, 0) is 50.9 Å². The van der Waals surface area contributed by atoms with Crippen molar-refractivity contribution >= 4 is 17.5 Å². The van der Waals surface area contributed by atoms with Crippen molar-refractivity contribution < 1.29 is 14.6 Å². The fraction of sp³-hybridized carbons (Fsp3) is 0.611. The topological polar surface area (TPSA) is 53.0 Å². The van der Waals surface area contributed by atoms with Crippen LogP contribution in [0.5, 0.6) is 5.75 Å². The molecule has 24 heavy (non-hydrogen) atoms. The predicted octanol–water partition coefficient (Wildman–Crippen LogP) is 2.17. The number of hydrogen-bond donors (Lipinski definition) is 1. The number of rotatable bonds is 5. The van der Waals surface area contributed by atoms with E-state index in [1.165, 1.54) is 12.8 Å². The third kappa shape index (κ3) is 4.41. The van der Waals surface area contributed by atoms with Crippen LogP contribution in [-0.4, -0.2) is 65.7 Å². The van der Waals surface area contributed by atoms with Gasteiger partial charge in [-0.1, -0.05) is 23.7 Å². The zero-order valence-electron chi connectivity index (χ0n) is 13.9. The molecule has 3 rings (SSSR count). The van der Waals surface area contributed by atoms with Gasteiger partial charge in [0, 0.05) is 13.1 Å². The number of β-amino-alcohol motifs (C(OH)–C–C–N with tert-alkyl or cyclic N) is 1. The number of nitrogens with zero attached hydrogens (tertiary/aromatic N) is 2. The number of hydrogen-bond acceptors (Lipinski definition) is 4. The van der Waals surface area contributed by atoms with E-state index in [1.807, 2.05) is 12.1 Å². The third-order valence-corrected chi connectivity index (χ3v) is 5.12. The number of likely N-dealkylation sites (tertiary alicyclic amines) is 2. The van der Waals surface area contributed by atoms with Crippen molar-refractivity contribution in [1.82, 2.24) is 9.80 Å². The lowest BCUT2D eigenvalue weighted by Crippen LogP contribution is -2.56. The number of piperidine rings is 1. The summed E-state index contributed by atoms with van der Waals surface area (Å²) in [5.41, 5.74) is -0.803. The second-order valence-corrected chi connectivity index (χ2v) is 7.25. The standard InChI is InChI=1S/C18H25ClN2O3/c19-15-6-1-2-7-16(15)24-12-17(22)21-11-5-8-18(23,14-21)13-20-9-3-4-10-20/h1-2,6-7,23H,3-5,8-14H2. The van der Waals surface area contributed by atoms with Gasteiger partial charge in [-0.25, -0.2) is 0 Å². The monoisotopic (exact) mass is 352 g/mol. The van der Waals surface area contributed by atoms with Crippen LogP contribution in [0.4, 0.5) is 0 Å². The molecule has 2 fully saturated rings. The molecule has 0 spiro atoms. The summed E-state index contributed by atoms with van der Waals surface area (Å²) in [7, 11) is 0. The molecule has 2 heterocycles. The molecule has 0 aliphatic carbocycles. The van der Waals surface area contributed by atoms with Gasteiger partial charge in [-0.15, -0.1) is 0 Å². The summed E-state index contributed by atoms with van der Waals surface area (Å²) in [6.07, 6.45) is 3.97. The molecule has 5 nitrogen and oxygen atoms in total. The Hall–Kier alpha value is -1.30. The molecular formula is C18H25ClN2O3. The predicted molar refractivity (Wildman–Crippen MR) is 93.4 cm³/mol. The third-order valence-electron chi connectivity index (χ3n) is 4.81. The minimum Gasteiger partial charge on any atom is -0.482 e. The SMILES string of the molecule is O=C(COc1ccccc1Cl)N1CCCC(O)(CN2CCCC2)C1. The molecule has 0 saturated carbocycles. The van der Waals surface area contributed by atoms with E-state index in [0.29, 0.717) is 30.4 Å². The highest BCUT2D eigenvalue weighted by molar-refractivity contribution is 6.32. The van der Waals surface area contributed by atoms with E-state index in [2.05, 4.69) is 4.90 Å². The Bertz CT molecular complexity index is 577. The van der Waals surface area contributed by atoms with Crippen LogP contribution in [0.25, 0.3) is 0 Å². The maximum Gasteiger partial charge on any atom is 0.260 e. The maximum absolute atomic E-state index is 12.4. The second kappa shape index (κ2) is 7.72. The summed E-state index contributed by atoms with van der Waals surface area (Å²) >= 11 is 6.04. The number of carbonyl (C=O) groups is 1. The molecule has 2 aliphatic rings. The number of aliphatic hydroxyl groups is 1. The fourth-order valence-corrected chi connectivity index (χ4v) is 3.79. The van der Waals surface area contributed by atoms with Gasteiger partial charge < -0.3 is 19.6 Å². The lowest BCUT2D eigenvalue weighted by Gasteiger charge is -2.41. The molecule has 1 aromatic carbocycles. The first-order valence-electron chi connectivity index (χ1n) is 8.66. The zero-order valence-corrected chi connectivity index (χ0v) is 14.7. The largest absolute Gasteiger partial charge is 0.482 e. The number of amides is 1. The van der Waals surface area contributed by atoms with Crippen molar-refractivity contribution in [2.45, 2.75) is 31.3 Å². The quantitative estimate of drug-likeness (QED) is 0.882. The van der Waals surface area contributed by atoms with Crippen molar-refractivity contribution in [3.05, 3.63) is 29.3 Å². The smallest absolute Gasteiger partial charge is 0.260 e. The average molecular weight is 353 g/mol. The highest BCUT2D eigenvalue weighted by Gasteiger charge is 2.37. The van der Waals surface area contributed by atoms with Gasteiger partial charge >= 0.3 is 0 Å². The molecular weight excluding hydrogens is 328 g/mol. The summed E-state index contributed by atoms with van der Waals surface area (Å²) in [4.78, 5) is 16.5. The summed E-state index contributed by atoms with van der Waals surface area (Å²) in [5.74, 6) is 0.409. The van der Waals surface area contributed by atoms with Gasteiger partial charge in [0.25, 0.3) is 5.91 Å². The minimum atomic E-state index is -0.803. The Balaban J connectivity index is 1.53. The number of para-hydroxylation sites is 1. The van der Waals surface area contributed by atoms with Crippen molar-refractivity contribution in [1.29, 1.82) is 0 Å². The van der Waals surface area contributed by atoms with Gasteiger partial charge in [0.05, 0.1) is 17.2 Å². The molecule has 6 heteroatoms. The summed E-state index contributed by atoms with van der Waals surface area (Å²) in [5, 5.41) is 11.4. The van der Waals surface area contributed by atoms with Crippen LogP contribution in [-0.2, 0) is 4.79 Å². The Morgan fingerprint density at radius 1 is 1.21 bits per heavy atom. The van der Waals surface area contributed by atoms with Gasteiger partial charge in [-0.3, -0.25) is 4.79 Å². The van der Waals surface area contributed by atoms with Crippen LogP contribution in [0.2, 0.25) is 5.02 Å². The van der Waals surface area contributed by atoms with E-state index in [9.17, 15) is 9.90 Å².